The SMILES string of the molecule is Cc1ccc(N/N=C(/Cl)C=O)cc1. The van der Waals surface area contributed by atoms with Crippen molar-refractivity contribution >= 4 is 28.7 Å². The summed E-state index contributed by atoms with van der Waals surface area (Å²) in [5.74, 6) is 0. The second-order valence-electron chi connectivity index (χ2n) is 2.53. The van der Waals surface area contributed by atoms with E-state index in [2.05, 4.69) is 10.5 Å². The van der Waals surface area contributed by atoms with Crippen LogP contribution in [0.4, 0.5) is 5.69 Å². The molecule has 3 nitrogen and oxygen atoms in total. The molecule has 0 unspecified atom stereocenters. The van der Waals surface area contributed by atoms with E-state index >= 15 is 0 Å². The number of nitrogens with one attached hydrogen (secondary N) is 1. The molecular weight excluding hydrogens is 188 g/mol. The number of hydrazone groups is 1. The third kappa shape index (κ3) is 3.25. The van der Waals surface area contributed by atoms with Gasteiger partial charge in [-0.25, -0.2) is 0 Å². The van der Waals surface area contributed by atoms with E-state index in [1.54, 1.807) is 0 Å². The van der Waals surface area contributed by atoms with Gasteiger partial charge in [0.15, 0.2) is 11.5 Å². The fourth-order valence-electron chi connectivity index (χ4n) is 0.772. The van der Waals surface area contributed by atoms with E-state index in [4.69, 9.17) is 11.6 Å². The largest absolute Gasteiger partial charge is 0.295 e. The number of rotatable bonds is 3. The first-order chi connectivity index (χ1) is 6.22. The van der Waals surface area contributed by atoms with Crippen LogP contribution in [0.5, 0.6) is 0 Å². The van der Waals surface area contributed by atoms with Gasteiger partial charge in [0.25, 0.3) is 0 Å². The Labute approximate surface area is 81.4 Å². The molecule has 1 rings (SSSR count). The van der Waals surface area contributed by atoms with Gasteiger partial charge in [-0.15, -0.1) is 0 Å². The van der Waals surface area contributed by atoms with Crippen molar-refractivity contribution in [1.82, 2.24) is 0 Å². The van der Waals surface area contributed by atoms with Gasteiger partial charge in [0, 0.05) is 0 Å². The molecule has 68 valence electrons. The standard InChI is InChI=1S/C9H9ClN2O/c1-7-2-4-8(5-3-7)11-12-9(10)6-13/h2-6,11H,1H3/b12-9+. The lowest BCUT2D eigenvalue weighted by atomic mass is 10.2. The van der Waals surface area contributed by atoms with Crippen LogP contribution < -0.4 is 5.43 Å². The Morgan fingerprint density at radius 2 is 2.08 bits per heavy atom. The highest BCUT2D eigenvalue weighted by atomic mass is 35.5. The number of nitrogens with zero attached hydrogens (tertiary/aromatic N) is 1. The fourth-order valence-corrected chi connectivity index (χ4v) is 0.815. The molecule has 0 saturated carbocycles. The molecule has 4 heteroatoms. The molecule has 0 aliphatic heterocycles. The van der Waals surface area contributed by atoms with E-state index in [9.17, 15) is 4.79 Å². The summed E-state index contributed by atoms with van der Waals surface area (Å²) >= 11 is 5.37. The van der Waals surface area contributed by atoms with Crippen molar-refractivity contribution in [2.24, 2.45) is 5.10 Å². The Morgan fingerprint density at radius 1 is 1.46 bits per heavy atom. The van der Waals surface area contributed by atoms with Gasteiger partial charge in [0.1, 0.15) is 0 Å². The molecule has 0 aromatic heterocycles. The summed E-state index contributed by atoms with van der Waals surface area (Å²) < 4.78 is 0. The average Bonchev–Trinajstić information content (AvgIpc) is 2.16. The van der Waals surface area contributed by atoms with Crippen molar-refractivity contribution in [3.8, 4) is 0 Å². The van der Waals surface area contributed by atoms with Gasteiger partial charge < -0.3 is 0 Å². The van der Waals surface area contributed by atoms with Crippen LogP contribution >= 0.6 is 11.6 Å². The van der Waals surface area contributed by atoms with Gasteiger partial charge in [0.05, 0.1) is 5.69 Å². The maximum Gasteiger partial charge on any atom is 0.189 e. The van der Waals surface area contributed by atoms with Gasteiger partial charge in [-0.3, -0.25) is 10.2 Å². The van der Waals surface area contributed by atoms with Crippen molar-refractivity contribution in [2.45, 2.75) is 6.92 Å². The van der Waals surface area contributed by atoms with Gasteiger partial charge in [0.2, 0.25) is 0 Å². The summed E-state index contributed by atoms with van der Waals surface area (Å²) in [6.45, 7) is 1.99. The minimum Gasteiger partial charge on any atom is -0.295 e. The number of aryl methyl sites for hydroxylation is 1. The van der Waals surface area contributed by atoms with Gasteiger partial charge >= 0.3 is 0 Å². The van der Waals surface area contributed by atoms with Crippen LogP contribution in [0.1, 0.15) is 5.56 Å². The molecule has 13 heavy (non-hydrogen) atoms. The van der Waals surface area contributed by atoms with Crippen molar-refractivity contribution in [3.63, 3.8) is 0 Å². The minimum atomic E-state index is -0.0967. The molecule has 0 heterocycles. The molecule has 0 spiro atoms. The monoisotopic (exact) mass is 196 g/mol. The molecule has 0 amide bonds. The predicted octanol–water partition coefficient (Wildman–Crippen LogP) is 2.16. The summed E-state index contributed by atoms with van der Waals surface area (Å²) in [6, 6.07) is 7.58. The van der Waals surface area contributed by atoms with Crippen LogP contribution in [0, 0.1) is 6.92 Å². The molecule has 1 N–H and O–H groups in total. The molecule has 0 aliphatic rings. The fraction of sp³-hybridized carbons (Fsp3) is 0.111. The zero-order valence-corrected chi connectivity index (χ0v) is 7.88. The third-order valence-electron chi connectivity index (χ3n) is 1.44. The number of hydrogen-bond acceptors (Lipinski definition) is 3. The molecule has 0 aliphatic carbocycles. The lowest BCUT2D eigenvalue weighted by Crippen LogP contribution is -1.95. The summed E-state index contributed by atoms with van der Waals surface area (Å²) in [5, 5.41) is 3.51. The smallest absolute Gasteiger partial charge is 0.189 e. The molecule has 0 bridgehead atoms. The normalized spacial score (nSPS) is 11.1. The second-order valence-corrected chi connectivity index (χ2v) is 2.92. The van der Waals surface area contributed by atoms with E-state index in [1.165, 1.54) is 0 Å². The topological polar surface area (TPSA) is 41.5 Å². The molecule has 1 aromatic carbocycles. The summed E-state index contributed by atoms with van der Waals surface area (Å²) in [6.07, 6.45) is 0.475. The van der Waals surface area contributed by atoms with Crippen LogP contribution in [-0.2, 0) is 4.79 Å². The summed E-state index contributed by atoms with van der Waals surface area (Å²) in [5.41, 5.74) is 4.61. The highest BCUT2D eigenvalue weighted by molar-refractivity contribution is 6.79. The maximum absolute atomic E-state index is 10.1. The van der Waals surface area contributed by atoms with Crippen LogP contribution in [-0.4, -0.2) is 11.5 Å². The summed E-state index contributed by atoms with van der Waals surface area (Å²) in [7, 11) is 0. The first-order valence-corrected chi connectivity index (χ1v) is 4.11. The Kier molecular flexibility index (Phi) is 3.46. The number of carbonyl (C=O) groups excluding carboxylic acids is 1. The Morgan fingerprint density at radius 3 is 2.62 bits per heavy atom. The van der Waals surface area contributed by atoms with E-state index in [1.807, 2.05) is 31.2 Å². The first-order valence-electron chi connectivity index (χ1n) is 3.73. The zero-order chi connectivity index (χ0) is 9.68. The Bertz CT molecular complexity index is 319. The molecule has 0 atom stereocenters. The van der Waals surface area contributed by atoms with E-state index in [0.29, 0.717) is 6.29 Å². The van der Waals surface area contributed by atoms with Gasteiger partial charge in [-0.1, -0.05) is 29.3 Å². The molecule has 0 radical (unpaired) electrons. The highest BCUT2D eigenvalue weighted by Gasteiger charge is 1.90. The Balaban J connectivity index is 2.65. The zero-order valence-electron chi connectivity index (χ0n) is 7.12. The van der Waals surface area contributed by atoms with Crippen molar-refractivity contribution < 1.29 is 4.79 Å². The Hall–Kier alpha value is -1.35. The highest BCUT2D eigenvalue weighted by Crippen LogP contribution is 2.08. The molecular formula is C9H9ClN2O. The lowest BCUT2D eigenvalue weighted by Gasteiger charge is -1.99. The summed E-state index contributed by atoms with van der Waals surface area (Å²) in [4.78, 5) is 10.1. The quantitative estimate of drug-likeness (QED) is 0.457. The van der Waals surface area contributed by atoms with Crippen LogP contribution in [0.15, 0.2) is 29.4 Å². The number of carbonyl (C=O) groups is 1. The average molecular weight is 197 g/mol. The van der Waals surface area contributed by atoms with E-state index in [0.717, 1.165) is 11.3 Å². The van der Waals surface area contributed by atoms with Gasteiger partial charge in [-0.2, -0.15) is 5.10 Å². The molecule has 1 aromatic rings. The predicted molar refractivity (Wildman–Crippen MR) is 54.2 cm³/mol. The second kappa shape index (κ2) is 4.62. The number of halogens is 1. The minimum absolute atomic E-state index is 0.0967. The van der Waals surface area contributed by atoms with Crippen molar-refractivity contribution in [3.05, 3.63) is 29.8 Å². The van der Waals surface area contributed by atoms with Gasteiger partial charge in [-0.05, 0) is 19.1 Å². The number of aldehydes is 1. The van der Waals surface area contributed by atoms with Crippen molar-refractivity contribution in [2.75, 3.05) is 5.43 Å². The lowest BCUT2D eigenvalue weighted by molar-refractivity contribution is -0.102. The van der Waals surface area contributed by atoms with Crippen LogP contribution in [0.3, 0.4) is 0 Å². The van der Waals surface area contributed by atoms with E-state index < -0.39 is 0 Å². The van der Waals surface area contributed by atoms with Crippen LogP contribution in [0.2, 0.25) is 0 Å². The maximum atomic E-state index is 10.1. The number of anilines is 1. The third-order valence-corrected chi connectivity index (χ3v) is 1.61. The number of hydrogen-bond donors (Lipinski definition) is 1. The number of benzene rings is 1. The van der Waals surface area contributed by atoms with Crippen molar-refractivity contribution in [1.29, 1.82) is 0 Å². The molecule has 0 fully saturated rings. The first kappa shape index (κ1) is 9.74. The molecule has 0 saturated heterocycles. The van der Waals surface area contributed by atoms with Crippen LogP contribution in [0.25, 0.3) is 0 Å². The van der Waals surface area contributed by atoms with E-state index in [-0.39, 0.29) is 5.17 Å².